The Kier molecular flexibility index (Phi) is 3.88. The highest BCUT2D eigenvalue weighted by Crippen LogP contribution is 2.18. The molecule has 1 aliphatic rings. The molecule has 6 heteroatoms. The zero-order valence-electron chi connectivity index (χ0n) is 10.2. The van der Waals surface area contributed by atoms with Gasteiger partial charge < -0.3 is 16.0 Å². The van der Waals surface area contributed by atoms with Crippen LogP contribution >= 0.6 is 0 Å². The van der Waals surface area contributed by atoms with Crippen molar-refractivity contribution in [1.82, 2.24) is 10.2 Å². The first-order chi connectivity index (χ1) is 7.82. The van der Waals surface area contributed by atoms with E-state index in [4.69, 9.17) is 5.73 Å². The van der Waals surface area contributed by atoms with Crippen molar-refractivity contribution >= 4 is 17.7 Å². The molecule has 1 aliphatic heterocycles. The second-order valence-electron chi connectivity index (χ2n) is 4.32. The van der Waals surface area contributed by atoms with Crippen molar-refractivity contribution < 1.29 is 14.4 Å². The largest absolute Gasteiger partial charge is 0.366 e. The van der Waals surface area contributed by atoms with E-state index in [1.807, 2.05) is 13.8 Å². The third-order valence-corrected chi connectivity index (χ3v) is 2.52. The van der Waals surface area contributed by atoms with Crippen LogP contribution in [0.15, 0.2) is 11.8 Å². The first kappa shape index (κ1) is 13.2. The van der Waals surface area contributed by atoms with Crippen LogP contribution < -0.4 is 11.1 Å². The molecule has 0 fully saturated rings. The Hall–Kier alpha value is -1.85. The molecule has 3 amide bonds. The second kappa shape index (κ2) is 4.99. The third-order valence-electron chi connectivity index (χ3n) is 2.52. The van der Waals surface area contributed by atoms with Crippen molar-refractivity contribution in [2.75, 3.05) is 0 Å². The van der Waals surface area contributed by atoms with Gasteiger partial charge >= 0.3 is 0 Å². The van der Waals surface area contributed by atoms with Gasteiger partial charge in [0.05, 0.1) is 0 Å². The Morgan fingerprint density at radius 1 is 1.53 bits per heavy atom. The monoisotopic (exact) mass is 239 g/mol. The fourth-order valence-electron chi connectivity index (χ4n) is 1.70. The van der Waals surface area contributed by atoms with Gasteiger partial charge in [-0.1, -0.05) is 0 Å². The summed E-state index contributed by atoms with van der Waals surface area (Å²) in [4.78, 5) is 35.6. The Labute approximate surface area is 99.8 Å². The van der Waals surface area contributed by atoms with Crippen LogP contribution in [0.2, 0.25) is 0 Å². The molecule has 0 aromatic carbocycles. The summed E-state index contributed by atoms with van der Waals surface area (Å²) in [7, 11) is 0. The number of carbonyl (C=O) groups is 3. The predicted molar refractivity (Wildman–Crippen MR) is 61.5 cm³/mol. The molecule has 0 spiro atoms. The quantitative estimate of drug-likeness (QED) is 0.695. The van der Waals surface area contributed by atoms with Crippen LogP contribution in [0.1, 0.15) is 27.2 Å². The molecule has 17 heavy (non-hydrogen) atoms. The first-order valence-corrected chi connectivity index (χ1v) is 5.42. The fraction of sp³-hybridized carbons (Fsp3) is 0.545. The van der Waals surface area contributed by atoms with E-state index in [1.165, 1.54) is 18.0 Å². The third kappa shape index (κ3) is 3.05. The summed E-state index contributed by atoms with van der Waals surface area (Å²) in [6.45, 7) is 4.97. The number of nitrogens with two attached hydrogens (primary N) is 1. The summed E-state index contributed by atoms with van der Waals surface area (Å²) < 4.78 is 0. The van der Waals surface area contributed by atoms with Crippen molar-refractivity contribution in [2.45, 2.75) is 39.3 Å². The molecule has 0 bridgehead atoms. The molecule has 1 unspecified atom stereocenters. The topological polar surface area (TPSA) is 92.5 Å². The van der Waals surface area contributed by atoms with E-state index < -0.39 is 11.9 Å². The minimum absolute atomic E-state index is 0.0894. The average molecular weight is 239 g/mol. The molecular weight excluding hydrogens is 222 g/mol. The number of hydrogen-bond donors (Lipinski definition) is 2. The van der Waals surface area contributed by atoms with Crippen LogP contribution in [0.3, 0.4) is 0 Å². The fourth-order valence-corrected chi connectivity index (χ4v) is 1.70. The summed E-state index contributed by atoms with van der Waals surface area (Å²) in [5.41, 5.74) is 5.55. The van der Waals surface area contributed by atoms with Crippen LogP contribution in [-0.2, 0) is 14.4 Å². The maximum absolute atomic E-state index is 12.0. The lowest BCUT2D eigenvalue weighted by molar-refractivity contribution is -0.136. The van der Waals surface area contributed by atoms with Gasteiger partial charge in [0.1, 0.15) is 6.04 Å². The molecule has 1 heterocycles. The number of nitrogens with zero attached hydrogens (tertiary/aromatic N) is 1. The van der Waals surface area contributed by atoms with Crippen LogP contribution in [-0.4, -0.2) is 34.7 Å². The normalized spacial score (nSPS) is 20.2. The van der Waals surface area contributed by atoms with Crippen LogP contribution in [0.25, 0.3) is 0 Å². The number of primary amides is 1. The Morgan fingerprint density at radius 2 is 2.12 bits per heavy atom. The van der Waals surface area contributed by atoms with Gasteiger partial charge in [0, 0.05) is 31.2 Å². The van der Waals surface area contributed by atoms with E-state index in [-0.39, 0.29) is 24.3 Å². The van der Waals surface area contributed by atoms with Gasteiger partial charge in [-0.2, -0.15) is 0 Å². The molecule has 6 nitrogen and oxygen atoms in total. The maximum Gasteiger partial charge on any atom is 0.249 e. The number of hydrogen-bond acceptors (Lipinski definition) is 3. The molecule has 0 saturated carbocycles. The number of carbonyl (C=O) groups excluding carboxylic acids is 3. The van der Waals surface area contributed by atoms with Crippen LogP contribution in [0, 0.1) is 0 Å². The van der Waals surface area contributed by atoms with Gasteiger partial charge in [0.25, 0.3) is 0 Å². The highest BCUT2D eigenvalue weighted by Gasteiger charge is 2.32. The Bertz CT molecular complexity index is 387. The van der Waals surface area contributed by atoms with Crippen LogP contribution in [0.5, 0.6) is 0 Å². The number of rotatable bonds is 3. The van der Waals surface area contributed by atoms with Crippen molar-refractivity contribution in [3.8, 4) is 0 Å². The van der Waals surface area contributed by atoms with Gasteiger partial charge in [-0.25, -0.2) is 0 Å². The minimum atomic E-state index is -0.706. The van der Waals surface area contributed by atoms with Gasteiger partial charge in [-0.3, -0.25) is 14.4 Å². The highest BCUT2D eigenvalue weighted by molar-refractivity contribution is 5.97. The summed E-state index contributed by atoms with van der Waals surface area (Å²) in [6.07, 6.45) is 1.62. The molecule has 3 N–H and O–H groups in total. The van der Waals surface area contributed by atoms with E-state index in [0.29, 0.717) is 5.57 Å². The molecule has 0 aromatic heterocycles. The van der Waals surface area contributed by atoms with Crippen molar-refractivity contribution in [2.24, 2.45) is 5.73 Å². The lowest BCUT2D eigenvalue weighted by Crippen LogP contribution is -2.51. The van der Waals surface area contributed by atoms with Crippen LogP contribution in [0.4, 0.5) is 0 Å². The molecule has 0 radical (unpaired) electrons. The molecule has 1 atom stereocenters. The minimum Gasteiger partial charge on any atom is -0.366 e. The molecule has 1 rings (SSSR count). The molecular formula is C11H17N3O3. The van der Waals surface area contributed by atoms with Gasteiger partial charge in [0.2, 0.25) is 17.7 Å². The van der Waals surface area contributed by atoms with Crippen molar-refractivity contribution in [3.63, 3.8) is 0 Å². The molecule has 0 saturated heterocycles. The lowest BCUT2D eigenvalue weighted by Gasteiger charge is -2.32. The smallest absolute Gasteiger partial charge is 0.249 e. The van der Waals surface area contributed by atoms with Crippen molar-refractivity contribution in [1.29, 1.82) is 0 Å². The summed E-state index contributed by atoms with van der Waals surface area (Å²) in [5, 5.41) is 2.52. The van der Waals surface area contributed by atoms with Gasteiger partial charge in [-0.15, -0.1) is 0 Å². The number of amides is 3. The van der Waals surface area contributed by atoms with E-state index in [1.54, 1.807) is 0 Å². The van der Waals surface area contributed by atoms with Crippen molar-refractivity contribution in [3.05, 3.63) is 11.8 Å². The van der Waals surface area contributed by atoms with E-state index in [0.717, 1.165) is 0 Å². The zero-order valence-corrected chi connectivity index (χ0v) is 10.2. The molecule has 0 aromatic rings. The standard InChI is InChI=1S/C11H17N3O3/c1-6(2)14-5-8(10(12)16)4-9(11(14)17)13-7(3)15/h5-6,9H,4H2,1-3H3,(H2,12,16)(H,13,15). The van der Waals surface area contributed by atoms with Gasteiger partial charge in [0.15, 0.2) is 0 Å². The Morgan fingerprint density at radius 3 is 2.53 bits per heavy atom. The van der Waals surface area contributed by atoms with E-state index in [9.17, 15) is 14.4 Å². The highest BCUT2D eigenvalue weighted by atomic mass is 16.2. The first-order valence-electron chi connectivity index (χ1n) is 5.42. The molecule has 94 valence electrons. The molecule has 0 aliphatic carbocycles. The maximum atomic E-state index is 12.0. The predicted octanol–water partition coefficient (Wildman–Crippen LogP) is -0.499. The summed E-state index contributed by atoms with van der Waals surface area (Å²) in [5.74, 6) is -1.10. The number of nitrogens with one attached hydrogen (secondary N) is 1. The Balaban J connectivity index is 2.99. The van der Waals surface area contributed by atoms with Gasteiger partial charge in [-0.05, 0) is 13.8 Å². The van der Waals surface area contributed by atoms with E-state index in [2.05, 4.69) is 5.32 Å². The average Bonchev–Trinajstić information content (AvgIpc) is 2.19. The second-order valence-corrected chi connectivity index (χ2v) is 4.32. The summed E-state index contributed by atoms with van der Waals surface area (Å²) in [6, 6.07) is -0.796. The van der Waals surface area contributed by atoms with E-state index >= 15 is 0 Å². The SMILES string of the molecule is CC(=O)NC1CC(C(N)=O)=CN(C(C)C)C1=O. The lowest BCUT2D eigenvalue weighted by atomic mass is 10.00. The zero-order chi connectivity index (χ0) is 13.2. The summed E-state index contributed by atoms with van der Waals surface area (Å²) >= 11 is 0.